The molecule has 1 aromatic rings. The second-order valence-corrected chi connectivity index (χ2v) is 4.18. The molecule has 0 aliphatic rings. The van der Waals surface area contributed by atoms with Crippen molar-refractivity contribution in [2.75, 3.05) is 7.05 Å². The lowest BCUT2D eigenvalue weighted by molar-refractivity contribution is -0.154. The molecule has 16 heavy (non-hydrogen) atoms. The Bertz CT molecular complexity index is 364. The number of hydrogen-bond donors (Lipinski definition) is 1. The summed E-state index contributed by atoms with van der Waals surface area (Å²) in [6.45, 7) is 0. The molecule has 90 valence electrons. The Kier molecular flexibility index (Phi) is 4.32. The van der Waals surface area contributed by atoms with Gasteiger partial charge in [-0.05, 0) is 31.2 Å². The van der Waals surface area contributed by atoms with Crippen LogP contribution in [0.1, 0.15) is 5.56 Å². The average molecular weight is 300 g/mol. The molecule has 1 unspecified atom stereocenters. The zero-order valence-corrected chi connectivity index (χ0v) is 9.99. The van der Waals surface area contributed by atoms with Gasteiger partial charge < -0.3 is 5.32 Å². The first-order valence-corrected chi connectivity index (χ1v) is 5.32. The molecule has 1 atom stereocenters. The summed E-state index contributed by atoms with van der Waals surface area (Å²) >= 11 is 3.04. The summed E-state index contributed by atoms with van der Waals surface area (Å²) in [6, 6.07) is 2.01. The van der Waals surface area contributed by atoms with Crippen molar-refractivity contribution in [1.29, 1.82) is 0 Å². The van der Waals surface area contributed by atoms with Gasteiger partial charge in [0.2, 0.25) is 0 Å². The molecule has 0 aliphatic heterocycles. The summed E-state index contributed by atoms with van der Waals surface area (Å²) in [5, 5.41) is 2.19. The zero-order chi connectivity index (χ0) is 12.3. The first-order valence-electron chi connectivity index (χ1n) is 4.52. The molecule has 0 radical (unpaired) electrons. The summed E-state index contributed by atoms with van der Waals surface area (Å²) < 4.78 is 50.5. The van der Waals surface area contributed by atoms with Crippen LogP contribution in [0.4, 0.5) is 17.6 Å². The highest BCUT2D eigenvalue weighted by atomic mass is 79.9. The van der Waals surface area contributed by atoms with Gasteiger partial charge in [-0.3, -0.25) is 0 Å². The van der Waals surface area contributed by atoms with Gasteiger partial charge in [-0.2, -0.15) is 13.2 Å². The SMILES string of the molecule is CNC(Cc1ccc(F)cc1Br)C(F)(F)F. The number of nitrogens with one attached hydrogen (secondary N) is 1. The minimum absolute atomic E-state index is 0.235. The van der Waals surface area contributed by atoms with E-state index in [1.807, 2.05) is 0 Å². The maximum absolute atomic E-state index is 12.7. The normalized spacial score (nSPS) is 13.9. The molecule has 0 heterocycles. The van der Waals surface area contributed by atoms with Gasteiger partial charge in [0.15, 0.2) is 0 Å². The number of likely N-dealkylation sites (N-methyl/N-ethyl adjacent to an activating group) is 1. The van der Waals surface area contributed by atoms with Crippen LogP contribution in [0.2, 0.25) is 0 Å². The summed E-state index contributed by atoms with van der Waals surface area (Å²) in [6.07, 6.45) is -4.55. The predicted molar refractivity (Wildman–Crippen MR) is 56.7 cm³/mol. The summed E-state index contributed by atoms with van der Waals surface area (Å²) in [5.74, 6) is -0.483. The van der Waals surface area contributed by atoms with Gasteiger partial charge in [0.1, 0.15) is 11.9 Å². The quantitative estimate of drug-likeness (QED) is 0.845. The van der Waals surface area contributed by atoms with Gasteiger partial charge in [0.05, 0.1) is 0 Å². The molecule has 1 rings (SSSR count). The van der Waals surface area contributed by atoms with Crippen LogP contribution in [0.5, 0.6) is 0 Å². The fraction of sp³-hybridized carbons (Fsp3) is 0.400. The number of hydrogen-bond acceptors (Lipinski definition) is 1. The van der Waals surface area contributed by atoms with Crippen molar-refractivity contribution < 1.29 is 17.6 Å². The van der Waals surface area contributed by atoms with E-state index in [0.29, 0.717) is 10.0 Å². The molecule has 1 N–H and O–H groups in total. The van der Waals surface area contributed by atoms with Crippen LogP contribution >= 0.6 is 15.9 Å². The zero-order valence-electron chi connectivity index (χ0n) is 8.41. The lowest BCUT2D eigenvalue weighted by Gasteiger charge is -2.20. The lowest BCUT2D eigenvalue weighted by atomic mass is 10.1. The molecule has 0 aliphatic carbocycles. The van der Waals surface area contributed by atoms with Gasteiger partial charge in [0.25, 0.3) is 0 Å². The lowest BCUT2D eigenvalue weighted by Crippen LogP contribution is -2.41. The molecule has 0 saturated carbocycles. The summed E-state index contributed by atoms with van der Waals surface area (Å²) in [4.78, 5) is 0. The van der Waals surface area contributed by atoms with E-state index < -0.39 is 18.0 Å². The number of alkyl halides is 3. The molecule has 1 aromatic carbocycles. The third-order valence-electron chi connectivity index (χ3n) is 2.18. The Morgan fingerprint density at radius 2 is 2.00 bits per heavy atom. The van der Waals surface area contributed by atoms with E-state index in [9.17, 15) is 17.6 Å². The maximum Gasteiger partial charge on any atom is 0.404 e. The Morgan fingerprint density at radius 3 is 2.44 bits per heavy atom. The summed E-state index contributed by atoms with van der Waals surface area (Å²) in [5.41, 5.74) is 0.415. The van der Waals surface area contributed by atoms with Crippen molar-refractivity contribution in [3.8, 4) is 0 Å². The smallest absolute Gasteiger partial charge is 0.309 e. The first-order chi connectivity index (χ1) is 7.34. The Hall–Kier alpha value is -0.620. The van der Waals surface area contributed by atoms with Crippen LogP contribution in [0.15, 0.2) is 22.7 Å². The van der Waals surface area contributed by atoms with Crippen molar-refractivity contribution in [1.82, 2.24) is 5.32 Å². The van der Waals surface area contributed by atoms with E-state index in [1.54, 1.807) is 0 Å². The third kappa shape index (κ3) is 3.45. The molecule has 0 bridgehead atoms. The molecular weight excluding hydrogens is 290 g/mol. The molecule has 1 nitrogen and oxygen atoms in total. The van der Waals surface area contributed by atoms with Gasteiger partial charge in [-0.15, -0.1) is 0 Å². The molecule has 0 fully saturated rings. The first kappa shape index (κ1) is 13.4. The van der Waals surface area contributed by atoms with Crippen molar-refractivity contribution in [3.63, 3.8) is 0 Å². The van der Waals surface area contributed by atoms with Crippen molar-refractivity contribution in [2.45, 2.75) is 18.6 Å². The van der Waals surface area contributed by atoms with Crippen molar-refractivity contribution in [3.05, 3.63) is 34.1 Å². The fourth-order valence-corrected chi connectivity index (χ4v) is 1.80. The predicted octanol–water partition coefficient (Wildman–Crippen LogP) is 3.28. The Morgan fingerprint density at radius 1 is 1.38 bits per heavy atom. The number of rotatable bonds is 3. The maximum atomic E-state index is 12.7. The van der Waals surface area contributed by atoms with Gasteiger partial charge in [0, 0.05) is 4.47 Å². The fourth-order valence-electron chi connectivity index (χ4n) is 1.29. The second-order valence-electron chi connectivity index (χ2n) is 3.32. The van der Waals surface area contributed by atoms with Crippen molar-refractivity contribution in [2.24, 2.45) is 0 Å². The van der Waals surface area contributed by atoms with Gasteiger partial charge in [-0.1, -0.05) is 22.0 Å². The van der Waals surface area contributed by atoms with E-state index in [-0.39, 0.29) is 6.42 Å². The Balaban J connectivity index is 2.86. The topological polar surface area (TPSA) is 12.0 Å². The molecule has 0 amide bonds. The van der Waals surface area contributed by atoms with E-state index >= 15 is 0 Å². The largest absolute Gasteiger partial charge is 0.404 e. The number of halogens is 5. The Labute approximate surface area is 99.0 Å². The highest BCUT2D eigenvalue weighted by Crippen LogP contribution is 2.26. The summed E-state index contributed by atoms with van der Waals surface area (Å²) in [7, 11) is 1.25. The molecular formula is C10H10BrF4N. The molecule has 6 heteroatoms. The van der Waals surface area contributed by atoms with E-state index in [1.165, 1.54) is 13.1 Å². The van der Waals surface area contributed by atoms with E-state index in [0.717, 1.165) is 12.1 Å². The number of benzene rings is 1. The standard InChI is InChI=1S/C10H10BrF4N/c1-16-9(10(13,14)15)4-6-2-3-7(12)5-8(6)11/h2-3,5,9,16H,4H2,1H3. The minimum Gasteiger partial charge on any atom is -0.309 e. The average Bonchev–Trinajstić information content (AvgIpc) is 2.14. The monoisotopic (exact) mass is 299 g/mol. The highest BCUT2D eigenvalue weighted by molar-refractivity contribution is 9.10. The molecule has 0 saturated heterocycles. The third-order valence-corrected chi connectivity index (χ3v) is 2.92. The van der Waals surface area contributed by atoms with Crippen LogP contribution in [-0.4, -0.2) is 19.3 Å². The van der Waals surface area contributed by atoms with E-state index in [2.05, 4.69) is 21.2 Å². The van der Waals surface area contributed by atoms with Crippen LogP contribution in [-0.2, 0) is 6.42 Å². The van der Waals surface area contributed by atoms with Gasteiger partial charge in [-0.25, -0.2) is 4.39 Å². The van der Waals surface area contributed by atoms with Crippen LogP contribution in [0.25, 0.3) is 0 Å². The highest BCUT2D eigenvalue weighted by Gasteiger charge is 2.38. The van der Waals surface area contributed by atoms with Crippen LogP contribution in [0.3, 0.4) is 0 Å². The van der Waals surface area contributed by atoms with Crippen molar-refractivity contribution >= 4 is 15.9 Å². The van der Waals surface area contributed by atoms with Crippen LogP contribution in [0, 0.1) is 5.82 Å². The second kappa shape index (κ2) is 5.14. The van der Waals surface area contributed by atoms with E-state index in [4.69, 9.17) is 0 Å². The molecule has 0 spiro atoms. The van der Waals surface area contributed by atoms with Crippen LogP contribution < -0.4 is 5.32 Å². The minimum atomic E-state index is -4.32. The van der Waals surface area contributed by atoms with Gasteiger partial charge >= 0.3 is 6.18 Å². The molecule has 0 aromatic heterocycles.